The lowest BCUT2D eigenvalue weighted by Gasteiger charge is -2.24. The number of para-hydroxylation sites is 1. The van der Waals surface area contributed by atoms with Crippen molar-refractivity contribution < 1.29 is 22.4 Å². The van der Waals surface area contributed by atoms with Crippen molar-refractivity contribution in [2.45, 2.75) is 37.1 Å². The molecule has 1 atom stereocenters. The predicted octanol–water partition coefficient (Wildman–Crippen LogP) is 3.84. The van der Waals surface area contributed by atoms with Crippen LogP contribution in [0.1, 0.15) is 35.4 Å². The molecular formula is C25H27N3O5S. The number of hydrogen-bond donors (Lipinski definition) is 2. The van der Waals surface area contributed by atoms with Crippen LogP contribution in [-0.2, 0) is 14.8 Å². The molecule has 3 aromatic rings. The molecule has 2 N–H and O–H groups in total. The zero-order chi connectivity index (χ0) is 24.3. The normalized spacial score (nSPS) is 17.1. The number of benzene rings is 2. The Bertz CT molecular complexity index is 1330. The summed E-state index contributed by atoms with van der Waals surface area (Å²) in [6.45, 7) is 5.85. The zero-order valence-corrected chi connectivity index (χ0v) is 19.7. The molecule has 1 unspecified atom stereocenters. The lowest BCUT2D eigenvalue weighted by molar-refractivity contribution is -0.117. The fourth-order valence-corrected chi connectivity index (χ4v) is 5.67. The van der Waals surface area contributed by atoms with E-state index in [4.69, 9.17) is 4.42 Å². The van der Waals surface area contributed by atoms with Crippen LogP contribution in [0.5, 0.6) is 0 Å². The first kappa shape index (κ1) is 23.7. The van der Waals surface area contributed by atoms with Crippen LogP contribution < -0.4 is 10.6 Å². The Kier molecular flexibility index (Phi) is 6.85. The maximum Gasteiger partial charge on any atom is 0.291 e. The number of nitrogens with one attached hydrogen (secondary N) is 2. The molecule has 0 radical (unpaired) electrons. The van der Waals surface area contributed by atoms with Crippen molar-refractivity contribution in [3.63, 3.8) is 0 Å². The van der Waals surface area contributed by atoms with Crippen molar-refractivity contribution in [2.75, 3.05) is 18.4 Å². The summed E-state index contributed by atoms with van der Waals surface area (Å²) in [5.41, 5.74) is 1.83. The molecule has 0 bridgehead atoms. The van der Waals surface area contributed by atoms with Gasteiger partial charge < -0.3 is 15.1 Å². The number of carbonyl (C=O) groups excluding carboxylic acids is 2. The summed E-state index contributed by atoms with van der Waals surface area (Å²) in [7, 11) is -3.76. The van der Waals surface area contributed by atoms with Crippen LogP contribution >= 0.6 is 0 Å². The highest BCUT2D eigenvalue weighted by Crippen LogP contribution is 2.26. The summed E-state index contributed by atoms with van der Waals surface area (Å²) < 4.78 is 33.6. The van der Waals surface area contributed by atoms with Crippen molar-refractivity contribution in [3.05, 3.63) is 72.5 Å². The van der Waals surface area contributed by atoms with E-state index in [1.807, 2.05) is 25.1 Å². The smallest absolute Gasteiger partial charge is 0.291 e. The molecular weight excluding hydrogens is 454 g/mol. The van der Waals surface area contributed by atoms with Gasteiger partial charge in [0.2, 0.25) is 15.9 Å². The largest absolute Gasteiger partial charge is 0.451 e. The van der Waals surface area contributed by atoms with Gasteiger partial charge in [-0.05, 0) is 56.2 Å². The van der Waals surface area contributed by atoms with Gasteiger partial charge in [0, 0.05) is 35.8 Å². The molecule has 8 nitrogen and oxygen atoms in total. The minimum Gasteiger partial charge on any atom is -0.451 e. The van der Waals surface area contributed by atoms with Crippen molar-refractivity contribution in [1.82, 2.24) is 9.62 Å². The van der Waals surface area contributed by atoms with Crippen LogP contribution in [0.25, 0.3) is 11.0 Å². The minimum absolute atomic E-state index is 0.126. The average Bonchev–Trinajstić information content (AvgIpc) is 3.00. The molecule has 2 heterocycles. The number of carbonyl (C=O) groups is 2. The highest BCUT2D eigenvalue weighted by molar-refractivity contribution is 7.89. The van der Waals surface area contributed by atoms with Gasteiger partial charge in [0.15, 0.2) is 5.76 Å². The maximum atomic E-state index is 13.2. The second kappa shape index (κ2) is 9.82. The predicted molar refractivity (Wildman–Crippen MR) is 130 cm³/mol. The van der Waals surface area contributed by atoms with Gasteiger partial charge in [-0.1, -0.05) is 31.2 Å². The molecule has 1 aromatic heterocycles. The molecule has 1 aliphatic rings. The maximum absolute atomic E-state index is 13.2. The second-order valence-corrected chi connectivity index (χ2v) is 10.2. The van der Waals surface area contributed by atoms with E-state index in [2.05, 4.69) is 17.2 Å². The van der Waals surface area contributed by atoms with E-state index in [0.717, 1.165) is 17.4 Å². The van der Waals surface area contributed by atoms with Crippen molar-refractivity contribution in [1.29, 1.82) is 0 Å². The minimum atomic E-state index is -3.76. The third kappa shape index (κ3) is 4.90. The van der Waals surface area contributed by atoms with E-state index < -0.39 is 15.9 Å². The molecule has 1 saturated heterocycles. The van der Waals surface area contributed by atoms with Crippen molar-refractivity contribution in [2.24, 2.45) is 0 Å². The molecule has 34 heavy (non-hydrogen) atoms. The number of sulfonamides is 1. The molecule has 178 valence electrons. The van der Waals surface area contributed by atoms with Crippen LogP contribution in [0.15, 0.2) is 70.5 Å². The molecule has 0 spiro atoms. The van der Waals surface area contributed by atoms with Gasteiger partial charge in [-0.2, -0.15) is 4.31 Å². The van der Waals surface area contributed by atoms with Crippen LogP contribution in [0.2, 0.25) is 0 Å². The first-order chi connectivity index (χ1) is 16.3. The Balaban J connectivity index is 1.48. The van der Waals surface area contributed by atoms with E-state index in [9.17, 15) is 18.0 Å². The molecule has 1 aliphatic heterocycles. The van der Waals surface area contributed by atoms with E-state index >= 15 is 0 Å². The van der Waals surface area contributed by atoms with Crippen molar-refractivity contribution >= 4 is 38.5 Å². The highest BCUT2D eigenvalue weighted by Gasteiger charge is 2.29. The molecule has 2 aromatic carbocycles. The number of fused-ring (bicyclic) bond motifs is 1. The topological polar surface area (TPSA) is 109 Å². The third-order valence-corrected chi connectivity index (χ3v) is 7.85. The highest BCUT2D eigenvalue weighted by atomic mass is 32.2. The summed E-state index contributed by atoms with van der Waals surface area (Å²) in [6.07, 6.45) is 3.42. The molecule has 0 saturated carbocycles. The van der Waals surface area contributed by atoms with Crippen molar-refractivity contribution in [3.8, 4) is 0 Å². The monoisotopic (exact) mass is 481 g/mol. The Labute approximate surface area is 198 Å². The van der Waals surface area contributed by atoms with E-state index in [-0.39, 0.29) is 29.1 Å². The number of hydrogen-bond acceptors (Lipinski definition) is 5. The van der Waals surface area contributed by atoms with Gasteiger partial charge in [0.1, 0.15) is 5.58 Å². The van der Waals surface area contributed by atoms with Gasteiger partial charge in [-0.15, -0.1) is 0 Å². The number of rotatable bonds is 6. The fourth-order valence-electron chi connectivity index (χ4n) is 4.14. The van der Waals surface area contributed by atoms with Gasteiger partial charge in [0.05, 0.1) is 4.90 Å². The summed E-state index contributed by atoms with van der Waals surface area (Å²) in [4.78, 5) is 24.6. The number of amides is 2. The van der Waals surface area contributed by atoms with Crippen LogP contribution in [0, 0.1) is 6.92 Å². The van der Waals surface area contributed by atoms with E-state index in [1.165, 1.54) is 22.5 Å². The quantitative estimate of drug-likeness (QED) is 0.520. The SMILES string of the molecule is C=CC(=O)NC1CCCCN(S(=O)(=O)c2ccc(NC(=O)c3oc4ccccc4c3C)cc2)C1. The Morgan fingerprint density at radius 1 is 1.12 bits per heavy atom. The van der Waals surface area contributed by atoms with Gasteiger partial charge in [-0.25, -0.2) is 8.42 Å². The molecule has 0 aliphatic carbocycles. The number of nitrogens with zero attached hydrogens (tertiary/aromatic N) is 1. The van der Waals surface area contributed by atoms with Crippen LogP contribution in [-0.4, -0.2) is 43.7 Å². The summed E-state index contributed by atoms with van der Waals surface area (Å²) in [5.74, 6) is -0.503. The summed E-state index contributed by atoms with van der Waals surface area (Å²) in [5, 5.41) is 6.44. The lowest BCUT2D eigenvalue weighted by Crippen LogP contribution is -2.44. The second-order valence-electron chi connectivity index (χ2n) is 8.30. The van der Waals surface area contributed by atoms with Crippen LogP contribution in [0.3, 0.4) is 0 Å². The summed E-state index contributed by atoms with van der Waals surface area (Å²) >= 11 is 0. The third-order valence-electron chi connectivity index (χ3n) is 5.97. The molecule has 4 rings (SSSR count). The van der Waals surface area contributed by atoms with Gasteiger partial charge in [-0.3, -0.25) is 9.59 Å². The Morgan fingerprint density at radius 2 is 1.85 bits per heavy atom. The Hall–Kier alpha value is -3.43. The van der Waals surface area contributed by atoms with E-state index in [1.54, 1.807) is 18.2 Å². The molecule has 9 heteroatoms. The first-order valence-corrected chi connectivity index (χ1v) is 12.6. The fraction of sp³-hybridized carbons (Fsp3) is 0.280. The first-order valence-electron chi connectivity index (χ1n) is 11.1. The summed E-state index contributed by atoms with van der Waals surface area (Å²) in [6, 6.07) is 13.2. The number of anilines is 1. The molecule has 1 fully saturated rings. The average molecular weight is 482 g/mol. The van der Waals surface area contributed by atoms with E-state index in [0.29, 0.717) is 30.7 Å². The Morgan fingerprint density at radius 3 is 2.56 bits per heavy atom. The standard InChI is InChI=1S/C25H27N3O5S/c1-3-23(29)26-19-8-6-7-15-28(16-19)34(31,32)20-13-11-18(12-14-20)27-25(30)24-17(2)21-9-4-5-10-22(21)33-24/h3-5,9-14,19H,1,6-8,15-16H2,2H3,(H,26,29)(H,27,30). The van der Waals surface area contributed by atoms with Crippen LogP contribution in [0.4, 0.5) is 5.69 Å². The van der Waals surface area contributed by atoms with Gasteiger partial charge in [0.25, 0.3) is 5.91 Å². The zero-order valence-electron chi connectivity index (χ0n) is 18.9. The molecule has 2 amide bonds. The number of aryl methyl sites for hydroxylation is 1. The van der Waals surface area contributed by atoms with Gasteiger partial charge >= 0.3 is 0 Å². The number of furan rings is 1. The lowest BCUT2D eigenvalue weighted by atomic mass is 10.1.